The Morgan fingerprint density at radius 3 is 2.60 bits per heavy atom. The van der Waals surface area contributed by atoms with Gasteiger partial charge in [0.05, 0.1) is 22.5 Å². The Morgan fingerprint density at radius 2 is 1.89 bits per heavy atom. The number of benzene rings is 2. The van der Waals surface area contributed by atoms with Gasteiger partial charge in [0.25, 0.3) is 5.91 Å². The first-order chi connectivity index (χ1) is 16.9. The molecule has 182 valence electrons. The lowest BCUT2D eigenvalue weighted by Gasteiger charge is -2.29. The van der Waals surface area contributed by atoms with E-state index in [9.17, 15) is 14.3 Å². The fraction of sp³-hybridized carbons (Fsp3) is 0.280. The Morgan fingerprint density at radius 1 is 1.14 bits per heavy atom. The molecule has 0 saturated carbocycles. The van der Waals surface area contributed by atoms with E-state index in [1.165, 1.54) is 12.1 Å². The van der Waals surface area contributed by atoms with E-state index in [-0.39, 0.29) is 23.5 Å². The minimum absolute atomic E-state index is 0.286. The molecule has 1 saturated heterocycles. The summed E-state index contributed by atoms with van der Waals surface area (Å²) in [5.74, 6) is -0.636. The maximum absolute atomic E-state index is 13.4. The zero-order chi connectivity index (χ0) is 24.5. The predicted octanol–water partition coefficient (Wildman–Crippen LogP) is 4.06. The molecule has 1 fully saturated rings. The van der Waals surface area contributed by atoms with Gasteiger partial charge in [-0.25, -0.2) is 14.1 Å². The number of fused-ring (bicyclic) bond motifs is 1. The SMILES string of the molecule is O=C(NN1CCC(O)CC1)c1nn(-c2ccc(Cl)cc2Cl)c2c1CNC/C2=C\c1ccc(F)cc1. The van der Waals surface area contributed by atoms with Crippen LogP contribution in [0.1, 0.15) is 40.2 Å². The lowest BCUT2D eigenvalue weighted by Crippen LogP contribution is -2.48. The molecule has 7 nitrogen and oxygen atoms in total. The number of hydrogen-bond donors (Lipinski definition) is 3. The van der Waals surface area contributed by atoms with Crippen LogP contribution in [0.25, 0.3) is 17.3 Å². The predicted molar refractivity (Wildman–Crippen MR) is 134 cm³/mol. The van der Waals surface area contributed by atoms with Crippen molar-refractivity contribution in [1.82, 2.24) is 25.5 Å². The minimum atomic E-state index is -0.342. The molecule has 2 aliphatic heterocycles. The van der Waals surface area contributed by atoms with Gasteiger partial charge in [0, 0.05) is 36.8 Å². The first-order valence-electron chi connectivity index (χ1n) is 11.4. The molecule has 0 spiro atoms. The first-order valence-corrected chi connectivity index (χ1v) is 12.1. The normalized spacial score (nSPS) is 18.0. The van der Waals surface area contributed by atoms with Gasteiger partial charge in [-0.05, 0) is 60.4 Å². The van der Waals surface area contributed by atoms with Crippen LogP contribution in [-0.2, 0) is 6.54 Å². The molecular weight excluding hydrogens is 492 g/mol. The Kier molecular flexibility index (Phi) is 6.91. The average Bonchev–Trinajstić information content (AvgIpc) is 3.23. The summed E-state index contributed by atoms with van der Waals surface area (Å²) in [6.07, 6.45) is 2.80. The van der Waals surface area contributed by atoms with Crippen LogP contribution in [0.15, 0.2) is 42.5 Å². The third-order valence-corrected chi connectivity index (χ3v) is 6.73. The van der Waals surface area contributed by atoms with Crippen molar-refractivity contribution in [3.05, 3.63) is 80.8 Å². The second-order valence-corrected chi connectivity index (χ2v) is 9.51. The maximum Gasteiger partial charge on any atom is 0.286 e. The molecule has 0 unspecified atom stereocenters. The number of aromatic nitrogens is 2. The van der Waals surface area contributed by atoms with Gasteiger partial charge < -0.3 is 10.4 Å². The highest BCUT2D eigenvalue weighted by Crippen LogP contribution is 2.33. The van der Waals surface area contributed by atoms with Crippen molar-refractivity contribution in [3.63, 3.8) is 0 Å². The standard InChI is InChI=1S/C25H24Cl2FN5O2/c26-17-3-6-22(21(27)12-17)33-24-16(11-15-1-4-18(28)5-2-15)13-29-14-20(24)23(30-33)25(35)31-32-9-7-19(34)8-10-32/h1-6,11-12,19,29,34H,7-10,13-14H2,(H,31,35)/b16-11+. The van der Waals surface area contributed by atoms with Crippen molar-refractivity contribution < 1.29 is 14.3 Å². The highest BCUT2D eigenvalue weighted by molar-refractivity contribution is 6.35. The van der Waals surface area contributed by atoms with Gasteiger partial charge in [0.15, 0.2) is 5.69 Å². The Balaban J connectivity index is 1.58. The molecule has 2 aromatic carbocycles. The molecule has 5 rings (SSSR count). The molecule has 35 heavy (non-hydrogen) atoms. The lowest BCUT2D eigenvalue weighted by molar-refractivity contribution is 0.0463. The number of nitrogens with zero attached hydrogens (tertiary/aromatic N) is 3. The summed E-state index contributed by atoms with van der Waals surface area (Å²) in [5.41, 5.74) is 7.02. The molecule has 3 N–H and O–H groups in total. The number of aliphatic hydroxyl groups is 1. The van der Waals surface area contributed by atoms with E-state index in [1.54, 1.807) is 40.0 Å². The van der Waals surface area contributed by atoms with Crippen LogP contribution in [0.2, 0.25) is 10.0 Å². The van der Waals surface area contributed by atoms with Crippen LogP contribution in [-0.4, -0.2) is 51.5 Å². The summed E-state index contributed by atoms with van der Waals surface area (Å²) in [4.78, 5) is 13.3. The zero-order valence-corrected chi connectivity index (χ0v) is 20.3. The second kappa shape index (κ2) is 10.1. The monoisotopic (exact) mass is 515 g/mol. The van der Waals surface area contributed by atoms with Crippen molar-refractivity contribution >= 4 is 40.8 Å². The molecule has 3 aromatic rings. The maximum atomic E-state index is 13.4. The highest BCUT2D eigenvalue weighted by Gasteiger charge is 2.30. The molecule has 0 bridgehead atoms. The molecule has 1 amide bonds. The van der Waals surface area contributed by atoms with Crippen molar-refractivity contribution in [2.24, 2.45) is 0 Å². The van der Waals surface area contributed by atoms with E-state index >= 15 is 0 Å². The van der Waals surface area contributed by atoms with E-state index in [2.05, 4.69) is 10.7 Å². The highest BCUT2D eigenvalue weighted by atomic mass is 35.5. The van der Waals surface area contributed by atoms with Gasteiger partial charge in [0.2, 0.25) is 0 Å². The Labute approximate surface area is 212 Å². The quantitative estimate of drug-likeness (QED) is 0.488. The third kappa shape index (κ3) is 5.12. The van der Waals surface area contributed by atoms with Gasteiger partial charge in [-0.15, -0.1) is 0 Å². The van der Waals surface area contributed by atoms with E-state index in [0.29, 0.717) is 54.8 Å². The number of carbonyl (C=O) groups is 1. The molecule has 1 aromatic heterocycles. The van der Waals surface area contributed by atoms with Gasteiger partial charge in [-0.2, -0.15) is 5.10 Å². The van der Waals surface area contributed by atoms with Crippen molar-refractivity contribution in [2.75, 3.05) is 19.6 Å². The smallest absolute Gasteiger partial charge is 0.286 e. The van der Waals surface area contributed by atoms with Gasteiger partial charge in [0.1, 0.15) is 5.82 Å². The zero-order valence-electron chi connectivity index (χ0n) is 18.8. The minimum Gasteiger partial charge on any atom is -0.393 e. The van der Waals surface area contributed by atoms with Crippen LogP contribution in [0, 0.1) is 5.82 Å². The number of rotatable bonds is 4. The van der Waals surface area contributed by atoms with E-state index < -0.39 is 0 Å². The van der Waals surface area contributed by atoms with Crippen molar-refractivity contribution in [3.8, 4) is 5.69 Å². The summed E-state index contributed by atoms with van der Waals surface area (Å²) >= 11 is 12.7. The summed E-state index contributed by atoms with van der Waals surface area (Å²) in [7, 11) is 0. The lowest BCUT2D eigenvalue weighted by atomic mass is 9.99. The summed E-state index contributed by atoms with van der Waals surface area (Å²) in [6, 6.07) is 11.3. The van der Waals surface area contributed by atoms with Crippen LogP contribution >= 0.6 is 23.2 Å². The fourth-order valence-electron chi connectivity index (χ4n) is 4.42. The van der Waals surface area contributed by atoms with Crippen LogP contribution in [0.5, 0.6) is 0 Å². The number of halogens is 3. The summed E-state index contributed by atoms with van der Waals surface area (Å²) in [6.45, 7) is 2.11. The molecule has 3 heterocycles. The third-order valence-electron chi connectivity index (χ3n) is 6.19. The van der Waals surface area contributed by atoms with E-state index in [1.807, 2.05) is 6.08 Å². The number of piperidine rings is 1. The number of nitrogens with one attached hydrogen (secondary N) is 2. The Hall–Kier alpha value is -2.75. The largest absolute Gasteiger partial charge is 0.393 e. The van der Waals surface area contributed by atoms with Gasteiger partial charge >= 0.3 is 0 Å². The molecular formula is C25H24Cl2FN5O2. The molecule has 10 heteroatoms. The van der Waals surface area contributed by atoms with Gasteiger partial charge in [-0.1, -0.05) is 35.3 Å². The molecule has 0 aliphatic carbocycles. The van der Waals surface area contributed by atoms with Crippen molar-refractivity contribution in [1.29, 1.82) is 0 Å². The number of hydrogen-bond acceptors (Lipinski definition) is 5. The summed E-state index contributed by atoms with van der Waals surface area (Å²) in [5, 5.41) is 20.5. The van der Waals surface area contributed by atoms with Gasteiger partial charge in [-0.3, -0.25) is 10.2 Å². The molecule has 2 aliphatic rings. The van der Waals surface area contributed by atoms with E-state index in [0.717, 1.165) is 22.4 Å². The summed E-state index contributed by atoms with van der Waals surface area (Å²) < 4.78 is 15.1. The Bertz CT molecular complexity index is 1280. The van der Waals surface area contributed by atoms with Crippen molar-refractivity contribution in [2.45, 2.75) is 25.5 Å². The number of aliphatic hydroxyl groups excluding tert-OH is 1. The average molecular weight is 516 g/mol. The first kappa shape index (κ1) is 24.0. The topological polar surface area (TPSA) is 82.4 Å². The van der Waals surface area contributed by atoms with Crippen LogP contribution in [0.3, 0.4) is 0 Å². The number of amides is 1. The second-order valence-electron chi connectivity index (χ2n) is 8.67. The van der Waals surface area contributed by atoms with Crippen LogP contribution in [0.4, 0.5) is 4.39 Å². The van der Waals surface area contributed by atoms with E-state index in [4.69, 9.17) is 28.3 Å². The number of carbonyl (C=O) groups excluding carboxylic acids is 1. The van der Waals surface area contributed by atoms with Crippen LogP contribution < -0.4 is 10.7 Å². The molecule has 0 radical (unpaired) electrons. The molecule has 0 atom stereocenters. The fourth-order valence-corrected chi connectivity index (χ4v) is 4.91. The number of hydrazine groups is 1.